The van der Waals surface area contributed by atoms with Gasteiger partial charge in [0.25, 0.3) is 0 Å². The number of halogens is 1. The molecular formula is C22H23FN2O4. The first-order chi connectivity index (χ1) is 14.0. The van der Waals surface area contributed by atoms with Gasteiger partial charge in [-0.15, -0.1) is 0 Å². The van der Waals surface area contributed by atoms with E-state index in [4.69, 9.17) is 14.2 Å². The van der Waals surface area contributed by atoms with Crippen LogP contribution in [0, 0.1) is 0 Å². The standard InChI is InChI=1S/C22H23FN2O4/c1-4-28-20-11-10-17(27-3)13-16(20)14-25(15(2)26)19-8-6-12-24-22(19)29-21-9-5-7-18(21)23/h6-13H,4-5,14H2,1-3H3. The van der Waals surface area contributed by atoms with Crippen LogP contribution < -0.4 is 19.1 Å². The van der Waals surface area contributed by atoms with Gasteiger partial charge in [-0.25, -0.2) is 9.37 Å². The Morgan fingerprint density at radius 2 is 2.10 bits per heavy atom. The van der Waals surface area contributed by atoms with Crippen molar-refractivity contribution >= 4 is 11.6 Å². The molecule has 1 aromatic carbocycles. The third-order valence-corrected chi connectivity index (χ3v) is 4.36. The second kappa shape index (κ2) is 9.23. The molecule has 1 aromatic heterocycles. The molecule has 0 spiro atoms. The maximum absolute atomic E-state index is 13.9. The molecule has 1 heterocycles. The van der Waals surface area contributed by atoms with E-state index >= 15 is 0 Å². The molecule has 0 radical (unpaired) electrons. The zero-order valence-electron chi connectivity index (χ0n) is 16.6. The number of anilines is 1. The van der Waals surface area contributed by atoms with Crippen molar-refractivity contribution in [3.63, 3.8) is 0 Å². The summed E-state index contributed by atoms with van der Waals surface area (Å²) in [5, 5.41) is 0. The fraction of sp³-hybridized carbons (Fsp3) is 0.273. The van der Waals surface area contributed by atoms with Crippen LogP contribution in [0.25, 0.3) is 0 Å². The molecule has 29 heavy (non-hydrogen) atoms. The first kappa shape index (κ1) is 20.4. The van der Waals surface area contributed by atoms with Gasteiger partial charge < -0.3 is 19.1 Å². The number of pyridine rings is 1. The summed E-state index contributed by atoms with van der Waals surface area (Å²) in [6.45, 7) is 4.04. The Hall–Kier alpha value is -3.35. The third-order valence-electron chi connectivity index (χ3n) is 4.36. The monoisotopic (exact) mass is 398 g/mol. The van der Waals surface area contributed by atoms with Crippen LogP contribution in [0.5, 0.6) is 17.4 Å². The van der Waals surface area contributed by atoms with Crippen molar-refractivity contribution in [2.24, 2.45) is 0 Å². The van der Waals surface area contributed by atoms with Gasteiger partial charge in [-0.2, -0.15) is 0 Å². The van der Waals surface area contributed by atoms with E-state index in [1.807, 2.05) is 13.0 Å². The quantitative estimate of drug-likeness (QED) is 0.652. The van der Waals surface area contributed by atoms with Crippen molar-refractivity contribution in [1.82, 2.24) is 4.98 Å². The van der Waals surface area contributed by atoms with Gasteiger partial charge in [0, 0.05) is 18.7 Å². The number of benzene rings is 1. The van der Waals surface area contributed by atoms with Crippen LogP contribution in [-0.2, 0) is 11.3 Å². The number of rotatable bonds is 8. The summed E-state index contributed by atoms with van der Waals surface area (Å²) in [5.41, 5.74) is 1.20. The summed E-state index contributed by atoms with van der Waals surface area (Å²) in [4.78, 5) is 18.2. The lowest BCUT2D eigenvalue weighted by Crippen LogP contribution is -2.28. The molecule has 2 aromatic rings. The molecule has 1 aliphatic rings. The smallest absolute Gasteiger partial charge is 0.243 e. The fourth-order valence-corrected chi connectivity index (χ4v) is 2.97. The van der Waals surface area contributed by atoms with E-state index < -0.39 is 5.83 Å². The van der Waals surface area contributed by atoms with Crippen LogP contribution >= 0.6 is 0 Å². The summed E-state index contributed by atoms with van der Waals surface area (Å²) < 4.78 is 30.5. The molecule has 0 fully saturated rings. The van der Waals surface area contributed by atoms with Gasteiger partial charge in [0.05, 0.1) is 20.3 Å². The van der Waals surface area contributed by atoms with E-state index in [0.717, 1.165) is 5.56 Å². The summed E-state index contributed by atoms with van der Waals surface area (Å²) in [6.07, 6.45) is 5.04. The topological polar surface area (TPSA) is 60.9 Å². The average molecular weight is 398 g/mol. The molecule has 7 heteroatoms. The van der Waals surface area contributed by atoms with E-state index in [1.165, 1.54) is 24.1 Å². The summed E-state index contributed by atoms with van der Waals surface area (Å²) in [6, 6.07) is 8.83. The minimum absolute atomic E-state index is 0.102. The first-order valence-electron chi connectivity index (χ1n) is 9.30. The van der Waals surface area contributed by atoms with E-state index in [9.17, 15) is 9.18 Å². The zero-order chi connectivity index (χ0) is 20.8. The number of amides is 1. The molecule has 0 saturated heterocycles. The van der Waals surface area contributed by atoms with Crippen LogP contribution in [0.3, 0.4) is 0 Å². The van der Waals surface area contributed by atoms with Crippen molar-refractivity contribution in [1.29, 1.82) is 0 Å². The molecule has 3 rings (SSSR count). The lowest BCUT2D eigenvalue weighted by atomic mass is 10.1. The van der Waals surface area contributed by atoms with Gasteiger partial charge in [-0.05, 0) is 55.8 Å². The molecule has 152 valence electrons. The Morgan fingerprint density at radius 1 is 1.28 bits per heavy atom. The maximum atomic E-state index is 13.9. The molecule has 0 N–H and O–H groups in total. The minimum Gasteiger partial charge on any atom is -0.497 e. The normalized spacial score (nSPS) is 12.8. The highest BCUT2D eigenvalue weighted by atomic mass is 19.1. The van der Waals surface area contributed by atoms with E-state index in [2.05, 4.69) is 4.98 Å². The lowest BCUT2D eigenvalue weighted by molar-refractivity contribution is -0.116. The van der Waals surface area contributed by atoms with E-state index in [-0.39, 0.29) is 24.1 Å². The number of ether oxygens (including phenoxy) is 3. The number of carbonyl (C=O) groups excluding carboxylic acids is 1. The average Bonchev–Trinajstić information content (AvgIpc) is 3.12. The van der Waals surface area contributed by atoms with Gasteiger partial charge in [-0.1, -0.05) is 0 Å². The third kappa shape index (κ3) is 4.74. The predicted molar refractivity (Wildman–Crippen MR) is 108 cm³/mol. The fourth-order valence-electron chi connectivity index (χ4n) is 2.97. The van der Waals surface area contributed by atoms with Crippen LogP contribution in [0.4, 0.5) is 10.1 Å². The van der Waals surface area contributed by atoms with Gasteiger partial charge in [0.2, 0.25) is 11.8 Å². The van der Waals surface area contributed by atoms with Gasteiger partial charge in [0.15, 0.2) is 11.6 Å². The van der Waals surface area contributed by atoms with Crippen molar-refractivity contribution < 1.29 is 23.4 Å². The summed E-state index contributed by atoms with van der Waals surface area (Å²) >= 11 is 0. The second-order valence-corrected chi connectivity index (χ2v) is 6.30. The zero-order valence-corrected chi connectivity index (χ0v) is 16.6. The van der Waals surface area contributed by atoms with Crippen molar-refractivity contribution in [3.05, 3.63) is 65.8 Å². The number of carbonyl (C=O) groups is 1. The van der Waals surface area contributed by atoms with E-state index in [1.54, 1.807) is 37.5 Å². The molecule has 0 bridgehead atoms. The molecule has 0 saturated carbocycles. The number of nitrogens with zero attached hydrogens (tertiary/aromatic N) is 2. The Bertz CT molecular complexity index is 956. The summed E-state index contributed by atoms with van der Waals surface area (Å²) in [7, 11) is 1.58. The van der Waals surface area contributed by atoms with Crippen molar-refractivity contribution in [2.75, 3.05) is 18.6 Å². The van der Waals surface area contributed by atoms with Gasteiger partial charge >= 0.3 is 0 Å². The van der Waals surface area contributed by atoms with Crippen LogP contribution in [0.1, 0.15) is 25.8 Å². The Morgan fingerprint density at radius 3 is 2.76 bits per heavy atom. The Kier molecular flexibility index (Phi) is 6.49. The summed E-state index contributed by atoms with van der Waals surface area (Å²) in [5.74, 6) is 0.897. The number of aromatic nitrogens is 1. The van der Waals surface area contributed by atoms with E-state index in [0.29, 0.717) is 30.2 Å². The second-order valence-electron chi connectivity index (χ2n) is 6.30. The van der Waals surface area contributed by atoms with Gasteiger partial charge in [-0.3, -0.25) is 4.79 Å². The SMILES string of the molecule is CCOc1ccc(OC)cc1CN(C(C)=O)c1cccnc1OC1=CCC=C1F. The highest BCUT2D eigenvalue weighted by molar-refractivity contribution is 5.92. The number of hydrogen-bond acceptors (Lipinski definition) is 5. The highest BCUT2D eigenvalue weighted by Gasteiger charge is 2.22. The van der Waals surface area contributed by atoms with Gasteiger partial charge in [0.1, 0.15) is 17.2 Å². The predicted octanol–water partition coefficient (Wildman–Crippen LogP) is 4.56. The molecule has 6 nitrogen and oxygen atoms in total. The Balaban J connectivity index is 1.96. The van der Waals surface area contributed by atoms with Crippen LogP contribution in [-0.4, -0.2) is 24.6 Å². The molecule has 1 amide bonds. The molecular weight excluding hydrogens is 375 g/mol. The largest absolute Gasteiger partial charge is 0.497 e. The number of allylic oxidation sites excluding steroid dienone is 3. The maximum Gasteiger partial charge on any atom is 0.243 e. The number of methoxy groups -OCH3 is 1. The molecule has 1 aliphatic carbocycles. The van der Waals surface area contributed by atoms with Crippen LogP contribution in [0.2, 0.25) is 0 Å². The first-order valence-corrected chi connectivity index (χ1v) is 9.30. The number of hydrogen-bond donors (Lipinski definition) is 0. The lowest BCUT2D eigenvalue weighted by Gasteiger charge is -2.24. The molecule has 0 atom stereocenters. The van der Waals surface area contributed by atoms with Crippen molar-refractivity contribution in [2.45, 2.75) is 26.8 Å². The minimum atomic E-state index is -0.442. The highest BCUT2D eigenvalue weighted by Crippen LogP contribution is 2.33. The van der Waals surface area contributed by atoms with Crippen LogP contribution in [0.15, 0.2) is 60.3 Å². The molecule has 0 unspecified atom stereocenters. The van der Waals surface area contributed by atoms with Crippen molar-refractivity contribution in [3.8, 4) is 17.4 Å². The Labute approximate surface area is 169 Å². The molecule has 0 aliphatic heterocycles.